The summed E-state index contributed by atoms with van der Waals surface area (Å²) in [6, 6.07) is 0. The molecule has 0 aromatic heterocycles. The summed E-state index contributed by atoms with van der Waals surface area (Å²) in [6.45, 7) is 5.25. The summed E-state index contributed by atoms with van der Waals surface area (Å²) in [6.07, 6.45) is 3.91. The van der Waals surface area contributed by atoms with E-state index < -0.39 is 11.8 Å². The van der Waals surface area contributed by atoms with Crippen molar-refractivity contribution in [3.63, 3.8) is 0 Å². The molecule has 10 heavy (non-hydrogen) atoms. The molecule has 0 spiro atoms. The van der Waals surface area contributed by atoms with Gasteiger partial charge < -0.3 is 4.74 Å². The number of ether oxygens (including phenoxy) is 1. The molecule has 0 fully saturated rings. The molecule has 3 nitrogen and oxygen atoms in total. The summed E-state index contributed by atoms with van der Waals surface area (Å²) in [5, 5.41) is 0. The average Bonchev–Trinajstić information content (AvgIpc) is 2.19. The first-order chi connectivity index (χ1) is 4.72. The smallest absolute Gasteiger partial charge is 0.383 e. The molecule has 0 atom stereocenters. The minimum Gasteiger partial charge on any atom is -0.428 e. The van der Waals surface area contributed by atoms with Crippen molar-refractivity contribution in [2.75, 3.05) is 0 Å². The number of carbonyl (C=O) groups excluding carboxylic acids is 2. The first-order valence-corrected chi connectivity index (χ1v) is 2.71. The van der Waals surface area contributed by atoms with E-state index in [1.807, 2.05) is 6.92 Å². The van der Waals surface area contributed by atoms with Crippen molar-refractivity contribution in [1.29, 1.82) is 0 Å². The summed E-state index contributed by atoms with van der Waals surface area (Å²) in [4.78, 5) is 20.0. The molecule has 1 rings (SSSR count). The minimum atomic E-state index is -0.792. The Balaban J connectivity index is 0.000000236. The van der Waals surface area contributed by atoms with E-state index in [9.17, 15) is 9.59 Å². The maximum Gasteiger partial charge on any atom is 0.383 e. The topological polar surface area (TPSA) is 43.4 Å². The van der Waals surface area contributed by atoms with Gasteiger partial charge in [0.05, 0.1) is 6.26 Å². The van der Waals surface area contributed by atoms with E-state index in [0.717, 1.165) is 12.3 Å². The molecule has 0 unspecified atom stereocenters. The zero-order valence-electron chi connectivity index (χ0n) is 5.66. The molecule has 54 valence electrons. The van der Waals surface area contributed by atoms with Crippen LogP contribution in [0.4, 0.5) is 0 Å². The Hall–Kier alpha value is -1.38. The third-order valence-electron chi connectivity index (χ3n) is 0.596. The monoisotopic (exact) mass is 140 g/mol. The van der Waals surface area contributed by atoms with Gasteiger partial charge in [-0.2, -0.15) is 0 Å². The van der Waals surface area contributed by atoms with Gasteiger partial charge in [-0.3, -0.25) is 4.79 Å². The van der Waals surface area contributed by atoms with Gasteiger partial charge in [0, 0.05) is 6.08 Å². The Morgan fingerprint density at radius 1 is 1.60 bits per heavy atom. The number of esters is 1. The SMILES string of the molecule is C=CC.O=C1C=COC1=O. The quantitative estimate of drug-likeness (QED) is 0.284. The molecule has 0 saturated carbocycles. The summed E-state index contributed by atoms with van der Waals surface area (Å²) >= 11 is 0. The van der Waals surface area contributed by atoms with Crippen LogP contribution < -0.4 is 0 Å². The lowest BCUT2D eigenvalue weighted by atomic mass is 10.4. The van der Waals surface area contributed by atoms with Crippen LogP contribution in [0, 0.1) is 0 Å². The van der Waals surface area contributed by atoms with Crippen LogP contribution in [-0.2, 0) is 14.3 Å². The van der Waals surface area contributed by atoms with E-state index in [2.05, 4.69) is 11.3 Å². The van der Waals surface area contributed by atoms with Gasteiger partial charge in [-0.1, -0.05) is 6.08 Å². The number of ketones is 1. The van der Waals surface area contributed by atoms with Crippen LogP contribution in [0.25, 0.3) is 0 Å². The maximum atomic E-state index is 10.0. The zero-order valence-corrected chi connectivity index (χ0v) is 5.66. The van der Waals surface area contributed by atoms with E-state index >= 15 is 0 Å². The van der Waals surface area contributed by atoms with Crippen molar-refractivity contribution in [3.05, 3.63) is 25.0 Å². The van der Waals surface area contributed by atoms with Crippen molar-refractivity contribution < 1.29 is 14.3 Å². The van der Waals surface area contributed by atoms with Crippen molar-refractivity contribution in [2.24, 2.45) is 0 Å². The third kappa shape index (κ3) is 2.81. The predicted octanol–water partition coefficient (Wildman–Crippen LogP) is 0.818. The molecule has 3 heteroatoms. The van der Waals surface area contributed by atoms with E-state index in [4.69, 9.17) is 0 Å². The molecule has 1 heterocycles. The second kappa shape index (κ2) is 4.49. The van der Waals surface area contributed by atoms with Crippen LogP contribution >= 0.6 is 0 Å². The van der Waals surface area contributed by atoms with Crippen molar-refractivity contribution in [2.45, 2.75) is 6.92 Å². The number of hydrogen-bond acceptors (Lipinski definition) is 3. The molecular formula is C7H8O3. The van der Waals surface area contributed by atoms with E-state index in [1.54, 1.807) is 6.08 Å². The van der Waals surface area contributed by atoms with Gasteiger partial charge in [-0.05, 0) is 6.92 Å². The highest BCUT2D eigenvalue weighted by molar-refractivity contribution is 6.40. The summed E-state index contributed by atoms with van der Waals surface area (Å²) in [5.41, 5.74) is 0. The standard InChI is InChI=1S/C4H2O3.C3H6/c5-3-1-2-7-4(3)6;1-3-2/h1-2H;3H,1H2,2H3. The fraction of sp³-hybridized carbons (Fsp3) is 0.143. The highest BCUT2D eigenvalue weighted by atomic mass is 16.5. The second-order valence-corrected chi connectivity index (χ2v) is 1.48. The molecule has 0 amide bonds. The average molecular weight is 140 g/mol. The largest absolute Gasteiger partial charge is 0.428 e. The zero-order chi connectivity index (χ0) is 7.98. The number of cyclic esters (lactones) is 1. The van der Waals surface area contributed by atoms with Gasteiger partial charge >= 0.3 is 5.97 Å². The second-order valence-electron chi connectivity index (χ2n) is 1.48. The first kappa shape index (κ1) is 8.62. The predicted molar refractivity (Wildman–Crippen MR) is 36.1 cm³/mol. The van der Waals surface area contributed by atoms with Crippen LogP contribution in [0.15, 0.2) is 25.0 Å². The number of allylic oxidation sites excluding steroid dienone is 1. The summed E-state index contributed by atoms with van der Waals surface area (Å²) in [5.74, 6) is -1.37. The van der Waals surface area contributed by atoms with Crippen LogP contribution in [0.3, 0.4) is 0 Å². The first-order valence-electron chi connectivity index (χ1n) is 2.71. The van der Waals surface area contributed by atoms with Gasteiger partial charge in [0.25, 0.3) is 5.78 Å². The molecule has 0 radical (unpaired) electrons. The molecule has 0 N–H and O–H groups in total. The van der Waals surface area contributed by atoms with Crippen molar-refractivity contribution >= 4 is 11.8 Å². The number of carbonyl (C=O) groups is 2. The van der Waals surface area contributed by atoms with Gasteiger partial charge in [-0.15, -0.1) is 6.58 Å². The van der Waals surface area contributed by atoms with Gasteiger partial charge in [-0.25, -0.2) is 4.79 Å². The molecular weight excluding hydrogens is 132 g/mol. The lowest BCUT2D eigenvalue weighted by molar-refractivity contribution is -0.145. The third-order valence-corrected chi connectivity index (χ3v) is 0.596. The van der Waals surface area contributed by atoms with Crippen molar-refractivity contribution in [1.82, 2.24) is 0 Å². The Labute approximate surface area is 59.0 Å². The lowest BCUT2D eigenvalue weighted by Crippen LogP contribution is -2.04. The van der Waals surface area contributed by atoms with Crippen LogP contribution in [0.5, 0.6) is 0 Å². The molecule has 1 aliphatic rings. The fourth-order valence-corrected chi connectivity index (χ4v) is 0.284. The molecule has 0 bridgehead atoms. The Kier molecular flexibility index (Phi) is 3.87. The molecule has 0 aliphatic carbocycles. The van der Waals surface area contributed by atoms with Gasteiger partial charge in [0.2, 0.25) is 0 Å². The molecule has 0 aromatic carbocycles. The van der Waals surface area contributed by atoms with Gasteiger partial charge in [0.15, 0.2) is 0 Å². The number of rotatable bonds is 0. The minimum absolute atomic E-state index is 0.583. The van der Waals surface area contributed by atoms with Gasteiger partial charge in [0.1, 0.15) is 0 Å². The van der Waals surface area contributed by atoms with Crippen LogP contribution in [0.2, 0.25) is 0 Å². The Morgan fingerprint density at radius 3 is 2.20 bits per heavy atom. The molecule has 0 saturated heterocycles. The summed E-state index contributed by atoms with van der Waals surface area (Å²) in [7, 11) is 0. The van der Waals surface area contributed by atoms with Crippen molar-refractivity contribution in [3.8, 4) is 0 Å². The Morgan fingerprint density at radius 2 is 2.10 bits per heavy atom. The van der Waals surface area contributed by atoms with Crippen LogP contribution in [0.1, 0.15) is 6.92 Å². The fourth-order valence-electron chi connectivity index (χ4n) is 0.284. The van der Waals surface area contributed by atoms with E-state index in [1.165, 1.54) is 0 Å². The normalized spacial score (nSPS) is 13.7. The highest BCUT2D eigenvalue weighted by Crippen LogP contribution is 1.92. The molecule has 1 aliphatic heterocycles. The highest BCUT2D eigenvalue weighted by Gasteiger charge is 2.15. The maximum absolute atomic E-state index is 10.0. The number of hydrogen-bond donors (Lipinski definition) is 0. The molecule has 0 aromatic rings. The Bertz CT molecular complexity index is 179. The summed E-state index contributed by atoms with van der Waals surface area (Å²) < 4.78 is 4.10. The lowest BCUT2D eigenvalue weighted by Gasteiger charge is -1.77. The van der Waals surface area contributed by atoms with E-state index in [0.29, 0.717) is 0 Å². The van der Waals surface area contributed by atoms with Crippen LogP contribution in [-0.4, -0.2) is 11.8 Å². The van der Waals surface area contributed by atoms with E-state index in [-0.39, 0.29) is 0 Å².